The van der Waals surface area contributed by atoms with E-state index in [9.17, 15) is 4.79 Å². The summed E-state index contributed by atoms with van der Waals surface area (Å²) in [5.74, 6) is 1.08. The van der Waals surface area contributed by atoms with Crippen LogP contribution < -0.4 is 15.8 Å². The summed E-state index contributed by atoms with van der Waals surface area (Å²) in [5, 5.41) is 8.29. The normalized spacial score (nSPS) is 21.3. The molecule has 2 aliphatic heterocycles. The number of carbonyl (C=O) groups is 1. The monoisotopic (exact) mass is 436 g/mol. The van der Waals surface area contributed by atoms with Crippen LogP contribution >= 0.6 is 11.6 Å². The van der Waals surface area contributed by atoms with Crippen LogP contribution in [0.4, 0.5) is 0 Å². The lowest BCUT2D eigenvalue weighted by Gasteiger charge is -2.16. The Morgan fingerprint density at radius 3 is 2.94 bits per heavy atom. The van der Waals surface area contributed by atoms with Crippen LogP contribution in [0, 0.1) is 5.92 Å². The Bertz CT molecular complexity index is 1220. The highest BCUT2D eigenvalue weighted by molar-refractivity contribution is 6.31. The Labute approximate surface area is 183 Å². The average Bonchev–Trinajstić information content (AvgIpc) is 3.48. The Kier molecular flexibility index (Phi) is 4.30. The summed E-state index contributed by atoms with van der Waals surface area (Å²) < 4.78 is 12.2. The summed E-state index contributed by atoms with van der Waals surface area (Å²) in [6.45, 7) is 1.65. The molecule has 1 amide bonds. The second-order valence-electron chi connectivity index (χ2n) is 8.44. The lowest BCUT2D eigenvalue weighted by atomic mass is 9.95. The topological polar surface area (TPSA) is 103 Å². The molecule has 1 aliphatic carbocycles. The minimum atomic E-state index is -0.291. The first kappa shape index (κ1) is 18.8. The van der Waals surface area contributed by atoms with Crippen molar-refractivity contribution in [3.8, 4) is 16.9 Å². The number of aromatic nitrogens is 2. The average molecular weight is 437 g/mol. The summed E-state index contributed by atoms with van der Waals surface area (Å²) >= 11 is 6.51. The van der Waals surface area contributed by atoms with Gasteiger partial charge in [-0.15, -0.1) is 0 Å². The number of fused-ring (bicyclic) bond motifs is 3. The third kappa shape index (κ3) is 3.03. The number of amides is 1. The molecule has 1 unspecified atom stereocenters. The molecule has 2 atom stereocenters. The highest BCUT2D eigenvalue weighted by Crippen LogP contribution is 2.47. The first-order valence-electron chi connectivity index (χ1n) is 10.5. The van der Waals surface area contributed by atoms with Crippen LogP contribution in [0.25, 0.3) is 11.1 Å². The smallest absolute Gasteiger partial charge is 0.221 e. The van der Waals surface area contributed by atoms with Gasteiger partial charge in [0.25, 0.3) is 0 Å². The third-order valence-electron chi connectivity index (χ3n) is 6.56. The number of halogens is 1. The van der Waals surface area contributed by atoms with Gasteiger partial charge in [-0.05, 0) is 35.7 Å². The predicted molar refractivity (Wildman–Crippen MR) is 114 cm³/mol. The molecule has 0 fully saturated rings. The summed E-state index contributed by atoms with van der Waals surface area (Å²) in [5.41, 5.74) is 12.6. The predicted octanol–water partition coefficient (Wildman–Crippen LogP) is 2.91. The van der Waals surface area contributed by atoms with Gasteiger partial charge in [-0.2, -0.15) is 0 Å². The molecule has 1 aromatic carbocycles. The summed E-state index contributed by atoms with van der Waals surface area (Å²) in [4.78, 5) is 16.3. The summed E-state index contributed by atoms with van der Waals surface area (Å²) in [7, 11) is 0. The molecule has 3 N–H and O–H groups in total. The molecule has 4 heterocycles. The fourth-order valence-electron chi connectivity index (χ4n) is 5.03. The van der Waals surface area contributed by atoms with Crippen molar-refractivity contribution in [2.75, 3.05) is 6.54 Å². The maximum atomic E-state index is 11.8. The van der Waals surface area contributed by atoms with Crippen LogP contribution in [0.15, 0.2) is 28.9 Å². The van der Waals surface area contributed by atoms with Crippen LogP contribution in [0.3, 0.4) is 0 Å². The molecule has 0 radical (unpaired) electrons. The van der Waals surface area contributed by atoms with E-state index in [2.05, 4.69) is 15.5 Å². The summed E-state index contributed by atoms with van der Waals surface area (Å²) in [6.07, 6.45) is 4.22. The van der Waals surface area contributed by atoms with Crippen LogP contribution in [0.2, 0.25) is 5.02 Å². The molecule has 2 aromatic heterocycles. The first-order valence-corrected chi connectivity index (χ1v) is 10.9. The Hall–Kier alpha value is -2.90. The number of nitrogens with one attached hydrogen (secondary N) is 1. The van der Waals surface area contributed by atoms with Gasteiger partial charge in [0.1, 0.15) is 5.75 Å². The zero-order valence-electron chi connectivity index (χ0n) is 16.8. The zero-order valence-corrected chi connectivity index (χ0v) is 17.5. The fraction of sp³-hybridized carbons (Fsp3) is 0.348. The lowest BCUT2D eigenvalue weighted by molar-refractivity contribution is -0.121. The van der Waals surface area contributed by atoms with Crippen molar-refractivity contribution >= 4 is 17.5 Å². The van der Waals surface area contributed by atoms with Crippen molar-refractivity contribution in [3.63, 3.8) is 0 Å². The molecule has 6 rings (SSSR count). The number of hydrogen-bond acceptors (Lipinski definition) is 6. The van der Waals surface area contributed by atoms with Gasteiger partial charge in [-0.25, -0.2) is 0 Å². The molecule has 0 saturated heterocycles. The molecule has 3 aromatic rings. The highest BCUT2D eigenvalue weighted by atomic mass is 35.5. The lowest BCUT2D eigenvalue weighted by Crippen LogP contribution is -2.24. The molecule has 8 heteroatoms. The van der Waals surface area contributed by atoms with Crippen LogP contribution in [-0.2, 0) is 37.0 Å². The van der Waals surface area contributed by atoms with Crippen molar-refractivity contribution in [1.82, 2.24) is 15.5 Å². The number of benzene rings is 1. The number of rotatable bonds is 3. The quantitative estimate of drug-likeness (QED) is 0.654. The van der Waals surface area contributed by atoms with Gasteiger partial charge in [-0.3, -0.25) is 9.78 Å². The Morgan fingerprint density at radius 2 is 2.06 bits per heavy atom. The molecular formula is C23H21ClN4O3. The fourth-order valence-corrected chi connectivity index (χ4v) is 5.27. The van der Waals surface area contributed by atoms with E-state index in [0.717, 1.165) is 70.2 Å². The molecule has 7 nitrogen and oxygen atoms in total. The van der Waals surface area contributed by atoms with E-state index in [0.29, 0.717) is 24.3 Å². The zero-order chi connectivity index (χ0) is 21.1. The molecular weight excluding hydrogens is 416 g/mol. The van der Waals surface area contributed by atoms with Gasteiger partial charge in [0.05, 0.1) is 5.69 Å². The van der Waals surface area contributed by atoms with Crippen molar-refractivity contribution < 1.29 is 14.1 Å². The van der Waals surface area contributed by atoms with E-state index in [-0.39, 0.29) is 17.9 Å². The van der Waals surface area contributed by atoms with Gasteiger partial charge in [0.2, 0.25) is 5.91 Å². The molecule has 3 aliphatic rings. The summed E-state index contributed by atoms with van der Waals surface area (Å²) in [6, 6.07) is 5.84. The number of hydrogen-bond donors (Lipinski definition) is 2. The second-order valence-corrected chi connectivity index (χ2v) is 8.88. The SMILES string of the molecule is NC(=O)C1Cc2nccc(-c3cc(Cl)cc4c3O[C@@H](c3onc5c3CNCC5)C4)c2C1. The number of nitrogens with zero attached hydrogens (tertiary/aromatic N) is 2. The van der Waals surface area contributed by atoms with E-state index < -0.39 is 0 Å². The van der Waals surface area contributed by atoms with E-state index in [1.165, 1.54) is 0 Å². The Balaban J connectivity index is 1.41. The van der Waals surface area contributed by atoms with Crippen LogP contribution in [0.5, 0.6) is 5.75 Å². The van der Waals surface area contributed by atoms with E-state index in [4.69, 9.17) is 26.6 Å². The number of pyridine rings is 1. The maximum absolute atomic E-state index is 11.8. The molecule has 158 valence electrons. The van der Waals surface area contributed by atoms with Crippen molar-refractivity contribution in [1.29, 1.82) is 0 Å². The van der Waals surface area contributed by atoms with Crippen LogP contribution in [-0.4, -0.2) is 22.6 Å². The standard InChI is InChI=1S/C23H21ClN4O3/c24-13-5-11-8-20(22-17-10-26-3-2-18(17)28-31-22)30-21(11)16(9-13)14-1-4-27-19-7-12(23(25)29)6-15(14)19/h1,4-5,9,12,20,26H,2-3,6-8,10H2,(H2,25,29)/t12?,20-/m1/s1. The van der Waals surface area contributed by atoms with Crippen molar-refractivity contribution in [2.45, 2.75) is 38.3 Å². The van der Waals surface area contributed by atoms with Gasteiger partial charge < -0.3 is 20.3 Å². The minimum absolute atomic E-state index is 0.224. The van der Waals surface area contributed by atoms with Gasteiger partial charge >= 0.3 is 0 Å². The van der Waals surface area contributed by atoms with E-state index in [1.807, 2.05) is 18.2 Å². The molecule has 31 heavy (non-hydrogen) atoms. The van der Waals surface area contributed by atoms with E-state index >= 15 is 0 Å². The molecule has 0 saturated carbocycles. The Morgan fingerprint density at radius 1 is 1.16 bits per heavy atom. The number of nitrogens with two attached hydrogens (primary N) is 1. The van der Waals surface area contributed by atoms with Crippen molar-refractivity contribution in [3.05, 3.63) is 63.3 Å². The number of carbonyl (C=O) groups excluding carboxylic acids is 1. The van der Waals surface area contributed by atoms with Gasteiger partial charge in [-0.1, -0.05) is 16.8 Å². The van der Waals surface area contributed by atoms with E-state index in [1.54, 1.807) is 6.20 Å². The second kappa shape index (κ2) is 7.07. The number of ether oxygens (including phenoxy) is 1. The third-order valence-corrected chi connectivity index (χ3v) is 6.77. The first-order chi connectivity index (χ1) is 15.1. The van der Waals surface area contributed by atoms with Gasteiger partial charge in [0.15, 0.2) is 11.9 Å². The highest BCUT2D eigenvalue weighted by Gasteiger charge is 2.35. The van der Waals surface area contributed by atoms with Crippen LogP contribution in [0.1, 0.15) is 39.9 Å². The largest absolute Gasteiger partial charge is 0.481 e. The van der Waals surface area contributed by atoms with Crippen molar-refractivity contribution in [2.24, 2.45) is 11.7 Å². The maximum Gasteiger partial charge on any atom is 0.221 e. The molecule has 0 bridgehead atoms. The minimum Gasteiger partial charge on any atom is -0.481 e. The molecule has 0 spiro atoms. The number of primary amides is 1. The van der Waals surface area contributed by atoms with Gasteiger partial charge in [0, 0.05) is 71.9 Å².